The molecular weight excluding hydrogens is 368 g/mol. The van der Waals surface area contributed by atoms with Crippen molar-refractivity contribution in [3.05, 3.63) is 81.9 Å². The molecule has 0 radical (unpaired) electrons. The minimum atomic E-state index is 0.164. The van der Waals surface area contributed by atoms with Crippen LogP contribution in [0.3, 0.4) is 0 Å². The first-order valence-electron chi connectivity index (χ1n) is 9.93. The molecular formula is C23H26N2O2S. The fourth-order valence-corrected chi connectivity index (χ4v) is 4.50. The molecule has 0 N–H and O–H groups in total. The molecule has 28 heavy (non-hydrogen) atoms. The summed E-state index contributed by atoms with van der Waals surface area (Å²) in [5.74, 6) is 1.12. The number of thiophene rings is 1. The summed E-state index contributed by atoms with van der Waals surface area (Å²) in [6, 6.07) is 16.3. The lowest BCUT2D eigenvalue weighted by atomic mass is 10.1. The van der Waals surface area contributed by atoms with Gasteiger partial charge in [0.15, 0.2) is 0 Å². The van der Waals surface area contributed by atoms with E-state index in [9.17, 15) is 4.79 Å². The molecule has 1 aliphatic rings. The molecule has 0 bridgehead atoms. The van der Waals surface area contributed by atoms with Gasteiger partial charge in [0.1, 0.15) is 5.76 Å². The quantitative estimate of drug-likeness (QED) is 0.555. The van der Waals surface area contributed by atoms with Gasteiger partial charge in [-0.15, -0.1) is 11.3 Å². The van der Waals surface area contributed by atoms with Crippen LogP contribution < -0.4 is 0 Å². The molecule has 2 aromatic heterocycles. The number of hydrogen-bond donors (Lipinski definition) is 0. The highest BCUT2D eigenvalue weighted by Gasteiger charge is 2.19. The maximum atomic E-state index is 12.8. The zero-order valence-electron chi connectivity index (χ0n) is 16.0. The average molecular weight is 395 g/mol. The second-order valence-corrected chi connectivity index (χ2v) is 8.39. The minimum Gasteiger partial charge on any atom is -0.468 e. The van der Waals surface area contributed by atoms with E-state index >= 15 is 0 Å². The molecule has 0 atom stereocenters. The van der Waals surface area contributed by atoms with Crippen molar-refractivity contribution in [2.75, 3.05) is 13.1 Å². The summed E-state index contributed by atoms with van der Waals surface area (Å²) < 4.78 is 5.56. The van der Waals surface area contributed by atoms with Gasteiger partial charge in [-0.25, -0.2) is 0 Å². The normalized spacial score (nSPS) is 14.5. The lowest BCUT2D eigenvalue weighted by molar-refractivity contribution is 0.0724. The van der Waals surface area contributed by atoms with Crippen molar-refractivity contribution < 1.29 is 9.21 Å². The number of piperidine rings is 1. The molecule has 5 heteroatoms. The Kier molecular flexibility index (Phi) is 6.24. The SMILES string of the molecule is O=C(c1cccc(CN(Cc2ccco2)Cc2cccs2)c1)N1CCCCC1. The molecule has 4 nitrogen and oxygen atoms in total. The largest absolute Gasteiger partial charge is 0.468 e. The van der Waals surface area contributed by atoms with Crippen molar-refractivity contribution in [3.8, 4) is 0 Å². The van der Waals surface area contributed by atoms with Crippen molar-refractivity contribution in [2.24, 2.45) is 0 Å². The van der Waals surface area contributed by atoms with E-state index in [0.29, 0.717) is 0 Å². The molecule has 0 aliphatic carbocycles. The van der Waals surface area contributed by atoms with E-state index in [1.807, 2.05) is 29.2 Å². The zero-order valence-corrected chi connectivity index (χ0v) is 16.9. The first-order chi connectivity index (χ1) is 13.8. The standard InChI is InChI=1S/C23H26N2O2S/c26-23(25-11-2-1-3-12-25)20-8-4-7-19(15-20)16-24(17-21-9-5-13-27-21)18-22-10-6-14-28-22/h4-10,13-15H,1-3,11-12,16-18H2. The topological polar surface area (TPSA) is 36.7 Å². The van der Waals surface area contributed by atoms with E-state index in [1.54, 1.807) is 17.6 Å². The Morgan fingerprint density at radius 1 is 1.00 bits per heavy atom. The van der Waals surface area contributed by atoms with Crippen LogP contribution >= 0.6 is 11.3 Å². The Morgan fingerprint density at radius 3 is 2.64 bits per heavy atom. The first-order valence-corrected chi connectivity index (χ1v) is 10.8. The monoisotopic (exact) mass is 394 g/mol. The molecule has 1 aromatic carbocycles. The highest BCUT2D eigenvalue weighted by Crippen LogP contribution is 2.19. The zero-order chi connectivity index (χ0) is 19.2. The van der Waals surface area contributed by atoms with Crippen LogP contribution in [-0.2, 0) is 19.6 Å². The summed E-state index contributed by atoms with van der Waals surface area (Å²) in [7, 11) is 0. The van der Waals surface area contributed by atoms with Gasteiger partial charge in [0.2, 0.25) is 0 Å². The molecule has 3 heterocycles. The molecule has 1 saturated heterocycles. The van der Waals surface area contributed by atoms with Crippen LogP contribution in [0.1, 0.15) is 45.8 Å². The van der Waals surface area contributed by atoms with E-state index < -0.39 is 0 Å². The van der Waals surface area contributed by atoms with Gasteiger partial charge in [-0.1, -0.05) is 18.2 Å². The Bertz CT molecular complexity index is 832. The molecule has 4 rings (SSSR count). The van der Waals surface area contributed by atoms with Crippen molar-refractivity contribution in [3.63, 3.8) is 0 Å². The summed E-state index contributed by atoms with van der Waals surface area (Å²) in [6.07, 6.45) is 5.18. The summed E-state index contributed by atoms with van der Waals surface area (Å²) >= 11 is 1.77. The Morgan fingerprint density at radius 2 is 1.89 bits per heavy atom. The maximum absolute atomic E-state index is 12.8. The highest BCUT2D eigenvalue weighted by atomic mass is 32.1. The third-order valence-corrected chi connectivity index (χ3v) is 6.00. The van der Waals surface area contributed by atoms with Gasteiger partial charge in [0, 0.05) is 36.6 Å². The molecule has 0 spiro atoms. The van der Waals surface area contributed by atoms with Crippen LogP contribution in [0.4, 0.5) is 0 Å². The minimum absolute atomic E-state index is 0.164. The predicted octanol–water partition coefficient (Wildman–Crippen LogP) is 5.17. The Balaban J connectivity index is 1.48. The molecule has 0 saturated carbocycles. The van der Waals surface area contributed by atoms with Gasteiger partial charge in [-0.3, -0.25) is 9.69 Å². The van der Waals surface area contributed by atoms with Crippen molar-refractivity contribution in [1.82, 2.24) is 9.80 Å². The first kappa shape index (κ1) is 19.0. The number of rotatable bonds is 7. The highest BCUT2D eigenvalue weighted by molar-refractivity contribution is 7.09. The van der Waals surface area contributed by atoms with Crippen LogP contribution in [0.25, 0.3) is 0 Å². The molecule has 0 unspecified atom stereocenters. The van der Waals surface area contributed by atoms with Gasteiger partial charge in [0.05, 0.1) is 12.8 Å². The van der Waals surface area contributed by atoms with Gasteiger partial charge >= 0.3 is 0 Å². The van der Waals surface area contributed by atoms with Crippen LogP contribution in [0.15, 0.2) is 64.6 Å². The molecule has 1 amide bonds. The number of carbonyl (C=O) groups is 1. The van der Waals surface area contributed by atoms with E-state index in [2.05, 4.69) is 34.5 Å². The Hall–Kier alpha value is -2.37. The van der Waals surface area contributed by atoms with Crippen molar-refractivity contribution in [2.45, 2.75) is 38.9 Å². The van der Waals surface area contributed by atoms with Crippen LogP contribution in [-0.4, -0.2) is 28.8 Å². The molecule has 1 fully saturated rings. The number of carbonyl (C=O) groups excluding carboxylic acids is 1. The second kappa shape index (κ2) is 9.22. The lowest BCUT2D eigenvalue weighted by Gasteiger charge is -2.27. The number of amides is 1. The van der Waals surface area contributed by atoms with Crippen LogP contribution in [0.2, 0.25) is 0 Å². The predicted molar refractivity (Wildman–Crippen MR) is 112 cm³/mol. The second-order valence-electron chi connectivity index (χ2n) is 7.36. The third-order valence-electron chi connectivity index (χ3n) is 5.14. The van der Waals surface area contributed by atoms with Gasteiger partial charge in [-0.05, 0) is 60.5 Å². The van der Waals surface area contributed by atoms with E-state index in [1.165, 1.54) is 11.3 Å². The fraction of sp³-hybridized carbons (Fsp3) is 0.348. The number of likely N-dealkylation sites (tertiary alicyclic amines) is 1. The number of furan rings is 1. The molecule has 1 aliphatic heterocycles. The third kappa shape index (κ3) is 4.91. The lowest BCUT2D eigenvalue weighted by Crippen LogP contribution is -2.35. The van der Waals surface area contributed by atoms with Crippen LogP contribution in [0, 0.1) is 0 Å². The summed E-state index contributed by atoms with van der Waals surface area (Å²) in [5.41, 5.74) is 1.96. The van der Waals surface area contributed by atoms with E-state index in [4.69, 9.17) is 4.42 Å². The van der Waals surface area contributed by atoms with E-state index in [-0.39, 0.29) is 5.91 Å². The number of benzene rings is 1. The van der Waals surface area contributed by atoms with Crippen molar-refractivity contribution >= 4 is 17.2 Å². The molecule has 146 valence electrons. The fourth-order valence-electron chi connectivity index (χ4n) is 3.75. The van der Waals surface area contributed by atoms with E-state index in [0.717, 1.165) is 62.5 Å². The van der Waals surface area contributed by atoms with Crippen molar-refractivity contribution in [1.29, 1.82) is 0 Å². The van der Waals surface area contributed by atoms with Gasteiger partial charge in [0.25, 0.3) is 5.91 Å². The summed E-state index contributed by atoms with van der Waals surface area (Å²) in [5, 5.41) is 2.11. The van der Waals surface area contributed by atoms with Crippen LogP contribution in [0.5, 0.6) is 0 Å². The average Bonchev–Trinajstić information content (AvgIpc) is 3.43. The maximum Gasteiger partial charge on any atom is 0.253 e. The summed E-state index contributed by atoms with van der Waals surface area (Å²) in [4.78, 5) is 18.5. The summed E-state index contributed by atoms with van der Waals surface area (Å²) in [6.45, 7) is 4.15. The smallest absolute Gasteiger partial charge is 0.253 e. The number of nitrogens with zero attached hydrogens (tertiary/aromatic N) is 2. The Labute approximate surface area is 170 Å². The number of hydrogen-bond acceptors (Lipinski definition) is 4. The molecule has 3 aromatic rings. The van der Waals surface area contributed by atoms with Gasteiger partial charge in [-0.2, -0.15) is 0 Å². The van der Waals surface area contributed by atoms with Gasteiger partial charge < -0.3 is 9.32 Å².